The smallest absolute Gasteiger partial charge is 0.363 e. The number of hydrogen-bond donors (Lipinski definition) is 3. The van der Waals surface area contributed by atoms with Gasteiger partial charge in [0, 0.05) is 55.2 Å². The second kappa shape index (κ2) is 13.1. The Bertz CT molecular complexity index is 1780. The van der Waals surface area contributed by atoms with Gasteiger partial charge in [-0.3, -0.25) is 18.9 Å². The van der Waals surface area contributed by atoms with E-state index in [2.05, 4.69) is 20.2 Å². The molecular weight excluding hydrogens is 662 g/mol. The summed E-state index contributed by atoms with van der Waals surface area (Å²) < 4.78 is 31.7. The highest BCUT2D eigenvalue weighted by Gasteiger charge is 2.48. The van der Waals surface area contributed by atoms with Crippen molar-refractivity contribution in [3.63, 3.8) is 0 Å². The molecule has 4 aliphatic rings. The summed E-state index contributed by atoms with van der Waals surface area (Å²) in [6, 6.07) is 4.49. The molecule has 4 aliphatic heterocycles. The number of nitrogens with one attached hydrogen (secondary N) is 1. The molecule has 4 fully saturated rings. The number of carbonyl (C=O) groups is 3. The molecule has 5 atom stereocenters. The second-order valence-corrected chi connectivity index (χ2v) is 15.8. The molecule has 6 heterocycles. The van der Waals surface area contributed by atoms with Crippen molar-refractivity contribution in [1.29, 1.82) is 0 Å². The van der Waals surface area contributed by atoms with Crippen LogP contribution >= 0.6 is 18.9 Å². The highest BCUT2D eigenvalue weighted by Crippen LogP contribution is 2.53. The molecule has 2 aromatic heterocycles. The Morgan fingerprint density at radius 3 is 2.71 bits per heavy atom. The SMILES string of the molecule is COC[C@@H]1CCN1c1ncncc1C1CN(C(=O)[C@@H]2CC[C@@H]3CCC[C@H](NC(=O)c4cc5cc([C@H](F)P(=O)(O)O)ccc5s4)C(=O)N32)C1. The molecule has 3 N–H and O–H groups in total. The van der Waals surface area contributed by atoms with E-state index >= 15 is 0 Å². The summed E-state index contributed by atoms with van der Waals surface area (Å²) in [5, 5.41) is 3.35. The first-order chi connectivity index (χ1) is 23.0. The molecular formula is C32H38FN6O7PS. The van der Waals surface area contributed by atoms with E-state index in [-0.39, 0.29) is 35.4 Å². The molecule has 0 bridgehead atoms. The fourth-order valence-corrected chi connectivity index (χ4v) is 8.99. The summed E-state index contributed by atoms with van der Waals surface area (Å²) in [6.45, 7) is 2.57. The lowest BCUT2D eigenvalue weighted by atomic mass is 9.90. The van der Waals surface area contributed by atoms with Crippen molar-refractivity contribution in [2.24, 2.45) is 0 Å². The number of amides is 3. The number of likely N-dealkylation sites (tertiary alicyclic amines) is 1. The number of halogens is 1. The molecule has 16 heteroatoms. The lowest BCUT2D eigenvalue weighted by Gasteiger charge is -2.46. The van der Waals surface area contributed by atoms with Gasteiger partial charge >= 0.3 is 7.60 Å². The van der Waals surface area contributed by atoms with Crippen LogP contribution in [0, 0.1) is 0 Å². The number of nitrogens with zero attached hydrogens (tertiary/aromatic N) is 5. The first kappa shape index (κ1) is 33.0. The molecule has 256 valence electrons. The zero-order valence-corrected chi connectivity index (χ0v) is 28.1. The standard InChI is InChI=1S/C32H38FN6O7PS/c1-46-16-22-9-10-38(22)29-23(13-34-17-35-29)20-14-37(15-20)32(42)25-7-6-21-3-2-4-24(31(41)39(21)25)36-30(40)27-12-19-11-18(5-8-26(19)48-27)28(33)47(43,44)45/h5,8,11-13,17,20-22,24-25,28H,2-4,6-7,9-10,14-16H2,1H3,(H,36,40)(H2,43,44,45)/t21-,22-,24-,25-,28+/m0/s1. The van der Waals surface area contributed by atoms with Gasteiger partial charge in [0.2, 0.25) is 17.7 Å². The Morgan fingerprint density at radius 1 is 1.17 bits per heavy atom. The number of alkyl halides is 1. The quantitative estimate of drug-likeness (QED) is 0.282. The summed E-state index contributed by atoms with van der Waals surface area (Å²) >= 11 is 1.14. The van der Waals surface area contributed by atoms with Crippen molar-refractivity contribution in [2.45, 2.75) is 74.5 Å². The van der Waals surface area contributed by atoms with Crippen LogP contribution in [0.5, 0.6) is 0 Å². The van der Waals surface area contributed by atoms with Crippen LogP contribution < -0.4 is 10.2 Å². The van der Waals surface area contributed by atoms with Crippen molar-refractivity contribution in [3.8, 4) is 0 Å². The predicted octanol–water partition coefficient (Wildman–Crippen LogP) is 3.33. The lowest BCUT2D eigenvalue weighted by Crippen LogP contribution is -2.59. The number of hydrogen-bond acceptors (Lipinski definition) is 9. The first-order valence-corrected chi connectivity index (χ1v) is 18.7. The zero-order valence-electron chi connectivity index (χ0n) is 26.4. The Kier molecular flexibility index (Phi) is 9.01. The molecule has 3 amide bonds. The maximum absolute atomic E-state index is 14.3. The van der Waals surface area contributed by atoms with Crippen LogP contribution in [0.25, 0.3) is 10.1 Å². The maximum atomic E-state index is 14.3. The molecule has 7 rings (SSSR count). The van der Waals surface area contributed by atoms with E-state index in [1.54, 1.807) is 18.3 Å². The van der Waals surface area contributed by atoms with Gasteiger partial charge in [0.1, 0.15) is 24.2 Å². The van der Waals surface area contributed by atoms with Crippen LogP contribution in [-0.4, -0.2) is 105 Å². The Labute approximate surface area is 280 Å². The third-order valence-corrected chi connectivity index (χ3v) is 12.1. The summed E-state index contributed by atoms with van der Waals surface area (Å²) in [7, 11) is -3.29. The van der Waals surface area contributed by atoms with Gasteiger partial charge in [-0.15, -0.1) is 11.3 Å². The van der Waals surface area contributed by atoms with Gasteiger partial charge < -0.3 is 34.5 Å². The fourth-order valence-electron chi connectivity index (χ4n) is 7.50. The van der Waals surface area contributed by atoms with Gasteiger partial charge in [-0.25, -0.2) is 14.4 Å². The molecule has 4 saturated heterocycles. The lowest BCUT2D eigenvalue weighted by molar-refractivity contribution is -0.148. The highest BCUT2D eigenvalue weighted by molar-refractivity contribution is 7.51. The van der Waals surface area contributed by atoms with Crippen LogP contribution in [0.2, 0.25) is 0 Å². The number of fused-ring (bicyclic) bond motifs is 2. The van der Waals surface area contributed by atoms with E-state index in [4.69, 9.17) is 4.74 Å². The van der Waals surface area contributed by atoms with E-state index in [0.717, 1.165) is 54.9 Å². The highest BCUT2D eigenvalue weighted by atomic mass is 32.1. The predicted molar refractivity (Wildman–Crippen MR) is 175 cm³/mol. The number of thiophene rings is 1. The van der Waals surface area contributed by atoms with Crippen molar-refractivity contribution in [2.75, 3.05) is 38.3 Å². The van der Waals surface area contributed by atoms with E-state index in [9.17, 15) is 33.1 Å². The molecule has 0 unspecified atom stereocenters. The van der Waals surface area contributed by atoms with Gasteiger partial charge in [-0.1, -0.05) is 6.07 Å². The third-order valence-electron chi connectivity index (χ3n) is 10.1. The molecule has 0 radical (unpaired) electrons. The fraction of sp³-hybridized carbons (Fsp3) is 0.531. The molecule has 1 aromatic carbocycles. The number of aromatic nitrogens is 2. The monoisotopic (exact) mass is 700 g/mol. The minimum absolute atomic E-state index is 0.0610. The van der Waals surface area contributed by atoms with Gasteiger partial charge in [0.25, 0.3) is 5.91 Å². The summed E-state index contributed by atoms with van der Waals surface area (Å²) in [5.41, 5.74) is 0.845. The Morgan fingerprint density at radius 2 is 1.98 bits per heavy atom. The van der Waals surface area contributed by atoms with Gasteiger partial charge in [0.15, 0.2) is 0 Å². The maximum Gasteiger partial charge on any atom is 0.363 e. The van der Waals surface area contributed by atoms with Crippen LogP contribution in [0.3, 0.4) is 0 Å². The number of anilines is 1. The van der Waals surface area contributed by atoms with Gasteiger partial charge in [0.05, 0.1) is 17.5 Å². The number of ether oxygens (including phenoxy) is 1. The van der Waals surface area contributed by atoms with E-state index in [0.29, 0.717) is 47.5 Å². The second-order valence-electron chi connectivity index (χ2n) is 13.1. The largest absolute Gasteiger partial charge is 0.383 e. The van der Waals surface area contributed by atoms with Gasteiger partial charge in [-0.2, -0.15) is 0 Å². The van der Waals surface area contributed by atoms with Crippen molar-refractivity contribution in [3.05, 3.63) is 52.8 Å². The summed E-state index contributed by atoms with van der Waals surface area (Å²) in [5.74, 6) is -2.27. The molecule has 0 spiro atoms. The van der Waals surface area contributed by atoms with Crippen molar-refractivity contribution < 1.29 is 37.9 Å². The number of benzene rings is 1. The van der Waals surface area contributed by atoms with E-state index < -0.39 is 31.5 Å². The van der Waals surface area contributed by atoms with Crippen LogP contribution in [0.15, 0.2) is 36.8 Å². The average molecular weight is 701 g/mol. The van der Waals surface area contributed by atoms with Crippen molar-refractivity contribution in [1.82, 2.24) is 25.1 Å². The topological polar surface area (TPSA) is 166 Å². The number of methoxy groups -OCH3 is 1. The Balaban J connectivity index is 1.01. The van der Waals surface area contributed by atoms with Crippen LogP contribution in [0.4, 0.5) is 10.2 Å². The summed E-state index contributed by atoms with van der Waals surface area (Å²) in [4.78, 5) is 74.5. The normalized spacial score (nSPS) is 25.3. The molecule has 0 aliphatic carbocycles. The number of rotatable bonds is 9. The first-order valence-electron chi connectivity index (χ1n) is 16.2. The summed E-state index contributed by atoms with van der Waals surface area (Å²) in [6.07, 6.45) is 7.65. The zero-order chi connectivity index (χ0) is 33.7. The van der Waals surface area contributed by atoms with Crippen molar-refractivity contribution >= 4 is 52.6 Å². The molecule has 3 aromatic rings. The van der Waals surface area contributed by atoms with E-state index in [1.807, 2.05) is 11.1 Å². The minimum atomic E-state index is -4.98. The third kappa shape index (κ3) is 6.11. The molecule has 48 heavy (non-hydrogen) atoms. The minimum Gasteiger partial charge on any atom is -0.383 e. The van der Waals surface area contributed by atoms with E-state index in [1.165, 1.54) is 24.3 Å². The van der Waals surface area contributed by atoms with Crippen LogP contribution in [-0.2, 0) is 18.9 Å². The molecule has 13 nitrogen and oxygen atoms in total. The van der Waals surface area contributed by atoms with Gasteiger partial charge in [-0.05, 0) is 67.7 Å². The molecule has 0 saturated carbocycles. The average Bonchev–Trinajstić information content (AvgIpc) is 3.62. The Hall–Kier alpha value is -3.49. The van der Waals surface area contributed by atoms with Crippen LogP contribution in [0.1, 0.15) is 71.2 Å². The number of carbonyl (C=O) groups excluding carboxylic acids is 3.